The molecule has 5 rings (SSSR count). The highest BCUT2D eigenvalue weighted by molar-refractivity contribution is 6.33. The minimum absolute atomic E-state index is 0.0837. The van der Waals surface area contributed by atoms with Gasteiger partial charge < -0.3 is 26.0 Å². The number of halogens is 1. The number of nitrogens with two attached hydrogens (primary N) is 1. The molecule has 2 aromatic carbocycles. The second-order valence-electron chi connectivity index (χ2n) is 10.4. The zero-order valence-electron chi connectivity index (χ0n) is 23.4. The Kier molecular flexibility index (Phi) is 9.45. The Labute approximate surface area is 250 Å². The Balaban J connectivity index is 1.20. The van der Waals surface area contributed by atoms with Crippen LogP contribution in [0.2, 0.25) is 5.02 Å². The standard InChI is InChI=1S/C31H34ClN7O3/c1-20(24(14-33)16-34-15-21-5-3-2-4-6-21)36-28(40)19-39-18-23-8-7-22(13-26(23)30(39)41)29-27(32)17-35-31(38-29)37-25-9-11-42-12-10-25/h2-8,13-14,16-17,20,25H,9-12,15,18-19,33H2,1H3,(H,36,40)(H,35,37,38). The van der Waals surface area contributed by atoms with Gasteiger partial charge in [-0.1, -0.05) is 54.1 Å². The quantitative estimate of drug-likeness (QED) is 0.306. The van der Waals surface area contributed by atoms with Crippen LogP contribution in [0.3, 0.4) is 0 Å². The van der Waals surface area contributed by atoms with Gasteiger partial charge in [-0.3, -0.25) is 14.6 Å². The van der Waals surface area contributed by atoms with E-state index in [2.05, 4.69) is 25.6 Å². The number of aliphatic imine (C=N–C) groups is 1. The molecule has 11 heteroatoms. The lowest BCUT2D eigenvalue weighted by atomic mass is 10.0. The van der Waals surface area contributed by atoms with Crippen molar-refractivity contribution in [2.24, 2.45) is 10.7 Å². The van der Waals surface area contributed by atoms with Gasteiger partial charge in [0, 0.05) is 54.9 Å². The first-order valence-corrected chi connectivity index (χ1v) is 14.3. The summed E-state index contributed by atoms with van der Waals surface area (Å²) >= 11 is 6.46. The van der Waals surface area contributed by atoms with Crippen molar-refractivity contribution < 1.29 is 14.3 Å². The highest BCUT2D eigenvalue weighted by Crippen LogP contribution is 2.31. The van der Waals surface area contributed by atoms with Crippen molar-refractivity contribution in [1.82, 2.24) is 20.2 Å². The van der Waals surface area contributed by atoms with E-state index in [1.807, 2.05) is 49.4 Å². The number of carbonyl (C=O) groups excluding carboxylic acids is 2. The molecule has 42 heavy (non-hydrogen) atoms. The number of amides is 2. The predicted molar refractivity (Wildman–Crippen MR) is 163 cm³/mol. The average molecular weight is 588 g/mol. The number of nitrogens with one attached hydrogen (secondary N) is 2. The molecular formula is C31H34ClN7O3. The SMILES string of the molecule is CC(NC(=O)CN1Cc2ccc(-c3nc(NC4CCOCC4)ncc3Cl)cc2C1=O)C(C=NCc1ccccc1)=CN. The zero-order chi connectivity index (χ0) is 29.5. The third-order valence-electron chi connectivity index (χ3n) is 7.32. The summed E-state index contributed by atoms with van der Waals surface area (Å²) in [5.74, 6) is -0.0293. The molecule has 218 valence electrons. The molecule has 0 aliphatic carbocycles. The van der Waals surface area contributed by atoms with E-state index in [0.29, 0.717) is 59.7 Å². The van der Waals surface area contributed by atoms with Crippen LogP contribution in [0.25, 0.3) is 11.3 Å². The Hall–Kier alpha value is -4.28. The van der Waals surface area contributed by atoms with Crippen LogP contribution in [0.4, 0.5) is 5.95 Å². The fourth-order valence-electron chi connectivity index (χ4n) is 4.98. The maximum absolute atomic E-state index is 13.3. The van der Waals surface area contributed by atoms with Crippen LogP contribution in [0, 0.1) is 0 Å². The molecule has 2 amide bonds. The van der Waals surface area contributed by atoms with Crippen LogP contribution in [0.5, 0.6) is 0 Å². The van der Waals surface area contributed by atoms with E-state index in [1.54, 1.807) is 18.5 Å². The summed E-state index contributed by atoms with van der Waals surface area (Å²) < 4.78 is 5.42. The zero-order valence-corrected chi connectivity index (χ0v) is 24.2. The van der Waals surface area contributed by atoms with Crippen molar-refractivity contribution >= 4 is 35.6 Å². The van der Waals surface area contributed by atoms with E-state index in [0.717, 1.165) is 24.0 Å². The lowest BCUT2D eigenvalue weighted by molar-refractivity contribution is -0.122. The van der Waals surface area contributed by atoms with Gasteiger partial charge in [0.2, 0.25) is 11.9 Å². The van der Waals surface area contributed by atoms with E-state index >= 15 is 0 Å². The molecule has 0 spiro atoms. The van der Waals surface area contributed by atoms with Crippen molar-refractivity contribution in [2.45, 2.75) is 44.9 Å². The molecular weight excluding hydrogens is 554 g/mol. The maximum atomic E-state index is 13.3. The Morgan fingerprint density at radius 2 is 2.02 bits per heavy atom. The molecule has 2 aliphatic heterocycles. The van der Waals surface area contributed by atoms with Gasteiger partial charge in [-0.25, -0.2) is 9.97 Å². The third-order valence-corrected chi connectivity index (χ3v) is 7.60. The second-order valence-corrected chi connectivity index (χ2v) is 10.8. The van der Waals surface area contributed by atoms with E-state index < -0.39 is 0 Å². The summed E-state index contributed by atoms with van der Waals surface area (Å²) in [6.07, 6.45) is 6.42. The van der Waals surface area contributed by atoms with Gasteiger partial charge in [0.25, 0.3) is 5.91 Å². The first-order chi connectivity index (χ1) is 20.4. The van der Waals surface area contributed by atoms with Crippen LogP contribution >= 0.6 is 11.6 Å². The van der Waals surface area contributed by atoms with Gasteiger partial charge in [0.1, 0.15) is 6.54 Å². The first kappa shape index (κ1) is 29.2. The minimum atomic E-state index is -0.377. The molecule has 4 N–H and O–H groups in total. The molecule has 0 bridgehead atoms. The summed E-state index contributed by atoms with van der Waals surface area (Å²) in [6.45, 7) is 3.99. The Morgan fingerprint density at radius 3 is 2.79 bits per heavy atom. The third kappa shape index (κ3) is 7.13. The number of hydrogen-bond donors (Lipinski definition) is 3. The number of hydrogen-bond acceptors (Lipinski definition) is 8. The Morgan fingerprint density at radius 1 is 1.24 bits per heavy atom. The number of anilines is 1. The van der Waals surface area contributed by atoms with E-state index in [1.165, 1.54) is 11.1 Å². The van der Waals surface area contributed by atoms with Gasteiger partial charge in [0.05, 0.1) is 29.5 Å². The molecule has 1 atom stereocenters. The Bertz CT molecular complexity index is 1490. The maximum Gasteiger partial charge on any atom is 0.254 e. The van der Waals surface area contributed by atoms with Gasteiger partial charge in [0.15, 0.2) is 0 Å². The van der Waals surface area contributed by atoms with E-state index in [9.17, 15) is 9.59 Å². The number of fused-ring (bicyclic) bond motifs is 1. The normalized spacial score (nSPS) is 16.5. The molecule has 1 unspecified atom stereocenters. The van der Waals surface area contributed by atoms with Gasteiger partial charge >= 0.3 is 0 Å². The highest BCUT2D eigenvalue weighted by atomic mass is 35.5. The summed E-state index contributed by atoms with van der Waals surface area (Å²) in [5.41, 5.74) is 10.2. The van der Waals surface area contributed by atoms with Crippen LogP contribution in [0.1, 0.15) is 41.3 Å². The summed E-state index contributed by atoms with van der Waals surface area (Å²) in [5, 5.41) is 6.66. The molecule has 3 heterocycles. The van der Waals surface area contributed by atoms with Crippen LogP contribution in [-0.2, 0) is 22.6 Å². The van der Waals surface area contributed by atoms with Gasteiger partial charge in [-0.15, -0.1) is 0 Å². The number of benzene rings is 2. The molecule has 0 saturated carbocycles. The van der Waals surface area contributed by atoms with E-state index in [-0.39, 0.29) is 30.4 Å². The fourth-order valence-corrected chi connectivity index (χ4v) is 5.18. The van der Waals surface area contributed by atoms with Gasteiger partial charge in [-0.05, 0) is 37.0 Å². The average Bonchev–Trinajstić information content (AvgIpc) is 3.31. The number of carbonyl (C=O) groups is 2. The van der Waals surface area contributed by atoms with Crippen LogP contribution in [0.15, 0.2) is 71.5 Å². The molecule has 0 radical (unpaired) electrons. The largest absolute Gasteiger partial charge is 0.404 e. The van der Waals surface area contributed by atoms with Crippen molar-refractivity contribution in [2.75, 3.05) is 25.1 Å². The van der Waals surface area contributed by atoms with Crippen LogP contribution in [-0.4, -0.2) is 64.7 Å². The molecule has 1 fully saturated rings. The summed E-state index contributed by atoms with van der Waals surface area (Å²) in [4.78, 5) is 41.1. The van der Waals surface area contributed by atoms with Crippen molar-refractivity contribution in [3.63, 3.8) is 0 Å². The monoisotopic (exact) mass is 587 g/mol. The second kappa shape index (κ2) is 13.6. The number of rotatable bonds is 10. The number of ether oxygens (including phenoxy) is 1. The lowest BCUT2D eigenvalue weighted by Gasteiger charge is -2.23. The molecule has 1 aromatic heterocycles. The van der Waals surface area contributed by atoms with Crippen molar-refractivity contribution in [3.8, 4) is 11.3 Å². The minimum Gasteiger partial charge on any atom is -0.404 e. The first-order valence-electron chi connectivity index (χ1n) is 14.0. The van der Waals surface area contributed by atoms with Crippen molar-refractivity contribution in [1.29, 1.82) is 0 Å². The smallest absolute Gasteiger partial charge is 0.254 e. The highest BCUT2D eigenvalue weighted by Gasteiger charge is 2.30. The molecule has 3 aromatic rings. The fraction of sp³-hybridized carbons (Fsp3) is 0.323. The van der Waals surface area contributed by atoms with Gasteiger partial charge in [-0.2, -0.15) is 0 Å². The van der Waals surface area contributed by atoms with E-state index in [4.69, 9.17) is 22.1 Å². The lowest BCUT2D eigenvalue weighted by Crippen LogP contribution is -2.42. The number of aromatic nitrogens is 2. The predicted octanol–water partition coefficient (Wildman–Crippen LogP) is 3.96. The van der Waals surface area contributed by atoms with Crippen molar-refractivity contribution in [3.05, 3.63) is 88.2 Å². The summed E-state index contributed by atoms with van der Waals surface area (Å²) in [7, 11) is 0. The topological polar surface area (TPSA) is 135 Å². The molecule has 1 saturated heterocycles. The number of nitrogens with zero attached hydrogens (tertiary/aromatic N) is 4. The summed E-state index contributed by atoms with van der Waals surface area (Å²) in [6, 6.07) is 15.3. The molecule has 10 nitrogen and oxygen atoms in total. The van der Waals surface area contributed by atoms with Crippen LogP contribution < -0.4 is 16.4 Å². The molecule has 2 aliphatic rings.